The van der Waals surface area contributed by atoms with Gasteiger partial charge >= 0.3 is 0 Å². The molecule has 120 heavy (non-hydrogen) atoms. The Morgan fingerprint density at radius 3 is 1.52 bits per heavy atom. The van der Waals surface area contributed by atoms with Crippen LogP contribution in [0.2, 0.25) is 0 Å². The lowest BCUT2D eigenvalue weighted by atomic mass is 9.77. The van der Waals surface area contributed by atoms with Gasteiger partial charge in [0.1, 0.15) is 0 Å². The Balaban J connectivity index is 0.000000178. The molecule has 5 aromatic heterocycles. The molecule has 5 atom stereocenters. The van der Waals surface area contributed by atoms with Crippen LogP contribution in [0.5, 0.6) is 0 Å². The largest absolute Gasteiger partial charge is 0.499 e. The van der Waals surface area contributed by atoms with Crippen LogP contribution in [-0.2, 0) is 47.1 Å². The van der Waals surface area contributed by atoms with Gasteiger partial charge in [-0.2, -0.15) is 10.2 Å². The molecule has 21 rings (SSSR count). The average Bonchev–Trinajstić information content (AvgIpc) is 1.74. The Hall–Kier alpha value is -9.39. The second-order valence-electron chi connectivity index (χ2n) is 33.8. The molecule has 0 spiro atoms. The van der Waals surface area contributed by atoms with Gasteiger partial charge in [-0.3, -0.25) is 24.7 Å². The van der Waals surface area contributed by atoms with Crippen LogP contribution in [0.4, 0.5) is 0 Å². The number of allylic oxidation sites excluding steroid dienone is 8. The van der Waals surface area contributed by atoms with Crippen molar-refractivity contribution in [3.05, 3.63) is 329 Å². The van der Waals surface area contributed by atoms with Gasteiger partial charge in [0.05, 0.1) is 43.3 Å². The quantitative estimate of drug-likeness (QED) is 0.148. The number of fused-ring (bicyclic) bond motifs is 7. The highest BCUT2D eigenvalue weighted by Crippen LogP contribution is 2.44. The van der Waals surface area contributed by atoms with E-state index in [1.54, 1.807) is 83.0 Å². The molecule has 10 aromatic rings. The number of nitrogens with zero attached hydrogens (tertiary/aromatic N) is 7. The van der Waals surface area contributed by atoms with E-state index in [-0.39, 0.29) is 0 Å². The molecule has 2 bridgehead atoms. The lowest BCUT2D eigenvalue weighted by molar-refractivity contribution is 0.116. The Bertz CT molecular complexity index is 4120. The van der Waals surface area contributed by atoms with Gasteiger partial charge in [0, 0.05) is 86.2 Å². The SMILES string of the molecule is CC1=CC2CCC1O2.CC1=CCCC1.CC1=CCCCC1.CC1=CCCCCC1.CC1=CCCCO1.CC1=CCOCC1.CC1CCC2CCCC2C1.Cc1ccc2c(c1)CCCC2.Cc1ccc2c(n1)CCN(C)C2.Cc1ccn[nH]1.Cn1cccn1.c1ccc2ccccc2c1.c1ccc2ncccc2c1.c1ccccc1.c1ccncc1. The zero-order valence-corrected chi connectivity index (χ0v) is 75.8. The van der Waals surface area contributed by atoms with E-state index in [1.165, 1.54) is 185 Å². The van der Waals surface area contributed by atoms with Crippen molar-refractivity contribution in [3.8, 4) is 0 Å². The number of pyridine rings is 3. The van der Waals surface area contributed by atoms with Gasteiger partial charge in [0.15, 0.2) is 0 Å². The molecule has 11 heteroatoms. The number of H-pyrrole nitrogens is 1. The summed E-state index contributed by atoms with van der Waals surface area (Å²) in [4.78, 5) is 14.8. The van der Waals surface area contributed by atoms with Crippen LogP contribution in [0, 0.1) is 38.5 Å². The minimum atomic E-state index is 0.486. The van der Waals surface area contributed by atoms with Crippen LogP contribution in [0.15, 0.2) is 289 Å². The van der Waals surface area contributed by atoms with Crippen molar-refractivity contribution in [2.24, 2.45) is 24.8 Å². The first-order valence-electron chi connectivity index (χ1n) is 45.6. The number of aromatic amines is 1. The van der Waals surface area contributed by atoms with Crippen molar-refractivity contribution in [2.45, 2.75) is 268 Å². The van der Waals surface area contributed by atoms with E-state index in [1.807, 2.05) is 124 Å². The Morgan fingerprint density at radius 1 is 0.442 bits per heavy atom. The van der Waals surface area contributed by atoms with Crippen molar-refractivity contribution in [1.29, 1.82) is 0 Å². The molecule has 1 N–H and O–H groups in total. The van der Waals surface area contributed by atoms with Crippen LogP contribution in [-0.4, -0.2) is 85.5 Å². The summed E-state index contributed by atoms with van der Waals surface area (Å²) in [6.45, 7) is 26.4. The molecular formula is C109H150N8O3. The van der Waals surface area contributed by atoms with Crippen molar-refractivity contribution in [1.82, 2.24) is 39.8 Å². The zero-order chi connectivity index (χ0) is 85.3. The lowest BCUT2D eigenvalue weighted by Crippen LogP contribution is -2.27. The highest BCUT2D eigenvalue weighted by atomic mass is 16.5. The number of rotatable bonds is 0. The minimum Gasteiger partial charge on any atom is -0.499 e. The number of ether oxygens (including phenoxy) is 3. The molecule has 3 fully saturated rings. The Labute approximate surface area is 725 Å². The van der Waals surface area contributed by atoms with Crippen LogP contribution in [0.3, 0.4) is 0 Å². The van der Waals surface area contributed by atoms with E-state index in [0.717, 1.165) is 86.2 Å². The summed E-state index contributed by atoms with van der Waals surface area (Å²) < 4.78 is 17.4. The maximum absolute atomic E-state index is 5.49. The molecule has 10 heterocycles. The van der Waals surface area contributed by atoms with Crippen molar-refractivity contribution >= 4 is 21.7 Å². The number of aromatic nitrogens is 7. The third kappa shape index (κ3) is 43.2. The zero-order valence-electron chi connectivity index (χ0n) is 75.8. The number of para-hydroxylation sites is 1. The van der Waals surface area contributed by atoms with Crippen LogP contribution >= 0.6 is 0 Å². The molecule has 644 valence electrons. The molecule has 5 aromatic carbocycles. The molecule has 5 unspecified atom stereocenters. The summed E-state index contributed by atoms with van der Waals surface area (Å²) in [5.74, 6) is 4.42. The molecule has 11 nitrogen and oxygen atoms in total. The van der Waals surface area contributed by atoms with Gasteiger partial charge < -0.3 is 19.1 Å². The number of aryl methyl sites for hydroxylation is 6. The second kappa shape index (κ2) is 60.2. The molecule has 11 aliphatic rings. The third-order valence-corrected chi connectivity index (χ3v) is 23.0. The predicted octanol–water partition coefficient (Wildman–Crippen LogP) is 28.5. The fourth-order valence-corrected chi connectivity index (χ4v) is 15.8. The van der Waals surface area contributed by atoms with Crippen molar-refractivity contribution < 1.29 is 14.2 Å². The van der Waals surface area contributed by atoms with Crippen LogP contribution in [0.1, 0.15) is 248 Å². The van der Waals surface area contributed by atoms with E-state index in [2.05, 4.69) is 225 Å². The summed E-state index contributed by atoms with van der Waals surface area (Å²) in [7, 11) is 4.04. The third-order valence-electron chi connectivity index (χ3n) is 23.0. The average molecular weight is 1620 g/mol. The second-order valence-corrected chi connectivity index (χ2v) is 33.8. The fraction of sp³-hybridized carbons (Fsp3) is 0.459. The van der Waals surface area contributed by atoms with Crippen molar-refractivity contribution in [3.63, 3.8) is 0 Å². The van der Waals surface area contributed by atoms with Gasteiger partial charge in [-0.05, 0) is 310 Å². The number of nitrogens with one attached hydrogen (secondary N) is 1. The van der Waals surface area contributed by atoms with Gasteiger partial charge in [-0.25, -0.2) is 0 Å². The summed E-state index contributed by atoms with van der Waals surface area (Å²) >= 11 is 0. The number of benzene rings is 5. The lowest BCUT2D eigenvalue weighted by Gasteiger charge is -2.29. The van der Waals surface area contributed by atoms with Gasteiger partial charge in [0.2, 0.25) is 0 Å². The molecule has 6 aliphatic carbocycles. The molecule has 0 amide bonds. The van der Waals surface area contributed by atoms with Crippen LogP contribution in [0.25, 0.3) is 21.7 Å². The van der Waals surface area contributed by atoms with E-state index in [9.17, 15) is 0 Å². The maximum atomic E-state index is 5.49. The molecule has 0 radical (unpaired) electrons. The smallest absolute Gasteiger partial charge is 0.0889 e. The Morgan fingerprint density at radius 2 is 1.04 bits per heavy atom. The van der Waals surface area contributed by atoms with Gasteiger partial charge in [-0.1, -0.05) is 237 Å². The number of hydrogen-bond donors (Lipinski definition) is 1. The summed E-state index contributed by atoms with van der Waals surface area (Å²) in [6.07, 6.45) is 63.5. The summed E-state index contributed by atoms with van der Waals surface area (Å²) in [5.41, 5.74) is 18.3. The first-order chi connectivity index (χ1) is 58.5. The highest BCUT2D eigenvalue weighted by molar-refractivity contribution is 5.82. The molecular weight excluding hydrogens is 1470 g/mol. The number of hydrogen-bond acceptors (Lipinski definition) is 9. The van der Waals surface area contributed by atoms with Crippen LogP contribution < -0.4 is 0 Å². The normalized spacial score (nSPS) is 19.6. The Kier molecular flexibility index (Phi) is 49.0. The van der Waals surface area contributed by atoms with E-state index in [0.29, 0.717) is 12.2 Å². The highest BCUT2D eigenvalue weighted by Gasteiger charge is 2.32. The summed E-state index contributed by atoms with van der Waals surface area (Å²) in [6, 6.07) is 61.5. The topological polar surface area (TPSA) is 116 Å². The molecule has 5 aliphatic heterocycles. The first-order valence-corrected chi connectivity index (χ1v) is 45.6. The fourth-order valence-electron chi connectivity index (χ4n) is 15.8. The maximum Gasteiger partial charge on any atom is 0.0889 e. The predicted molar refractivity (Wildman–Crippen MR) is 510 cm³/mol. The van der Waals surface area contributed by atoms with E-state index in [4.69, 9.17) is 14.2 Å². The van der Waals surface area contributed by atoms with Gasteiger partial charge in [0.25, 0.3) is 0 Å². The van der Waals surface area contributed by atoms with E-state index >= 15 is 0 Å². The van der Waals surface area contributed by atoms with Gasteiger partial charge in [-0.15, -0.1) is 0 Å². The van der Waals surface area contributed by atoms with Crippen molar-refractivity contribution in [2.75, 3.05) is 33.4 Å². The molecule has 2 saturated carbocycles. The molecule has 1 saturated heterocycles. The minimum absolute atomic E-state index is 0.486. The monoisotopic (exact) mass is 1620 g/mol. The standard InChI is InChI=1S/C11H14.C10H14N2.C10H18.C10H8.C9H7N.C8H14.C7H10O.C7H12.2C6H10O.C6H10.C6H6.C5H5N.2C4H6N2/c1-9-6-7-10-4-2-3-5-11(10)8-9;1-8-3-4-9-7-12(2)6-5-10(9)11-8;1-8-5-6-9-3-2-4-10(9)7-8;1-2-6-10-8-4-3-7-9(10)5-1;1-2-6-9-8(4-1)5-3-7-10-9;1-8-6-4-2-3-5-7-8;1-5-4-6-2-3-7(5)8-6;1-7-5-3-2-4-6-7;1-6-2-4-7-5-3-6;1-6-4-2-3-5-7-6;1-6-4-2-3-5-6;2*1-2-4-6-5-3-1;1-6-4-2-3-5-6;1-4-2-3-5-6-4/h6-8H,2-5H2,1H3;3-4H,5-7H2,1-2H3;8-10H,2-7H2,1H3;1-8H;1-7H;6H,2-5,7H2,1H3;4,6-7H,2-3H2,1H3;5H,2-4,6H2,1H3;2H,3-5H2,1H3;4H,2-3,5H2,1H3;4H,2-3,5H2,1H3;1-6H;1-5H;2-4H,1H3;2-3H,1H3,(H,5,6). The van der Waals surface area contributed by atoms with E-state index < -0.39 is 0 Å². The first kappa shape index (κ1) is 97.7. The number of likely N-dealkylation sites (N-methyl/N-ethyl adjacent to an activating group) is 1. The summed E-state index contributed by atoms with van der Waals surface area (Å²) in [5, 5.41) is 14.1.